The van der Waals surface area contributed by atoms with Gasteiger partial charge in [-0.1, -0.05) is 36.8 Å². The average molecular weight is 451 g/mol. The monoisotopic (exact) mass is 451 g/mol. The Morgan fingerprint density at radius 3 is 2.31 bits per heavy atom. The summed E-state index contributed by atoms with van der Waals surface area (Å²) >= 11 is 0. The third kappa shape index (κ3) is 7.37. The Labute approximate surface area is 185 Å². The first kappa shape index (κ1) is 25.4. The highest BCUT2D eigenvalue weighted by Crippen LogP contribution is 2.36. The molecule has 0 saturated heterocycles. The van der Waals surface area contributed by atoms with E-state index in [4.69, 9.17) is 10.2 Å². The summed E-state index contributed by atoms with van der Waals surface area (Å²) in [6, 6.07) is 11.6. The normalized spacial score (nSPS) is 17.9. The summed E-state index contributed by atoms with van der Waals surface area (Å²) in [6.07, 6.45) is -1.54. The first-order chi connectivity index (χ1) is 15.2. The molecule has 1 aliphatic carbocycles. The maximum Gasteiger partial charge on any atom is 0.416 e. The number of nitrogens with one attached hydrogen (secondary N) is 1. The fraction of sp³-hybridized carbons (Fsp3) is 0.417. The Morgan fingerprint density at radius 1 is 1.06 bits per heavy atom. The predicted molar refractivity (Wildman–Crippen MR) is 114 cm³/mol. The number of carboxylic acids is 1. The van der Waals surface area contributed by atoms with Gasteiger partial charge in [-0.05, 0) is 61.4 Å². The van der Waals surface area contributed by atoms with Crippen LogP contribution in [0.25, 0.3) is 0 Å². The Hall–Kier alpha value is -2.87. The highest BCUT2D eigenvalue weighted by Gasteiger charge is 2.34. The third-order valence-electron chi connectivity index (χ3n) is 5.42. The molecule has 2 unspecified atom stereocenters. The number of carboxylic acid groups (broad SMARTS) is 1. The zero-order valence-electron chi connectivity index (χ0n) is 17.9. The molecule has 1 amide bonds. The van der Waals surface area contributed by atoms with Gasteiger partial charge in [0.2, 0.25) is 5.91 Å². The molecule has 2 atom stereocenters. The van der Waals surface area contributed by atoms with Gasteiger partial charge in [-0.2, -0.15) is 13.2 Å². The van der Waals surface area contributed by atoms with Crippen molar-refractivity contribution in [2.75, 3.05) is 6.61 Å². The van der Waals surface area contributed by atoms with Crippen molar-refractivity contribution in [1.29, 1.82) is 0 Å². The molecule has 5 nitrogen and oxygen atoms in total. The van der Waals surface area contributed by atoms with Crippen molar-refractivity contribution in [3.05, 3.63) is 70.8 Å². The highest BCUT2D eigenvalue weighted by molar-refractivity contribution is 5.87. The van der Waals surface area contributed by atoms with Crippen LogP contribution in [-0.4, -0.2) is 28.7 Å². The maximum absolute atomic E-state index is 12.9. The molecule has 0 heterocycles. The molecule has 3 rings (SSSR count). The molecule has 174 valence electrons. The number of aromatic carboxylic acids is 1. The molecule has 0 bridgehead atoms. The predicted octanol–water partition coefficient (Wildman–Crippen LogP) is 4.68. The molecule has 0 aliphatic heterocycles. The minimum absolute atomic E-state index is 0.00729. The second-order valence-corrected chi connectivity index (χ2v) is 7.74. The number of rotatable bonds is 6. The lowest BCUT2D eigenvalue weighted by Crippen LogP contribution is -2.33. The van der Waals surface area contributed by atoms with Gasteiger partial charge in [0.05, 0.1) is 11.1 Å². The van der Waals surface area contributed by atoms with Crippen molar-refractivity contribution in [2.45, 2.75) is 45.3 Å². The number of hydrogen-bond donors (Lipinski definition) is 3. The van der Waals surface area contributed by atoms with Crippen LogP contribution in [-0.2, 0) is 23.9 Å². The summed E-state index contributed by atoms with van der Waals surface area (Å²) in [7, 11) is 0. The fourth-order valence-electron chi connectivity index (χ4n) is 3.89. The van der Waals surface area contributed by atoms with E-state index in [9.17, 15) is 22.8 Å². The Balaban J connectivity index is 0.00000114. The number of alkyl halides is 3. The van der Waals surface area contributed by atoms with Crippen LogP contribution >= 0.6 is 0 Å². The van der Waals surface area contributed by atoms with Gasteiger partial charge in [-0.15, -0.1) is 0 Å². The van der Waals surface area contributed by atoms with Gasteiger partial charge in [0.1, 0.15) is 0 Å². The van der Waals surface area contributed by atoms with E-state index in [2.05, 4.69) is 5.32 Å². The van der Waals surface area contributed by atoms with E-state index in [0.29, 0.717) is 18.4 Å². The molecule has 1 aliphatic rings. The van der Waals surface area contributed by atoms with E-state index in [1.807, 2.05) is 0 Å². The third-order valence-corrected chi connectivity index (χ3v) is 5.42. The largest absolute Gasteiger partial charge is 0.478 e. The molecule has 32 heavy (non-hydrogen) atoms. The minimum atomic E-state index is -4.38. The van der Waals surface area contributed by atoms with Crippen LogP contribution in [0.15, 0.2) is 48.5 Å². The lowest BCUT2D eigenvalue weighted by molar-refractivity contribution is -0.137. The van der Waals surface area contributed by atoms with Gasteiger partial charge in [0.15, 0.2) is 0 Å². The van der Waals surface area contributed by atoms with Gasteiger partial charge < -0.3 is 15.5 Å². The van der Waals surface area contributed by atoms with Crippen LogP contribution in [0.4, 0.5) is 13.2 Å². The summed E-state index contributed by atoms with van der Waals surface area (Å²) in [4.78, 5) is 23.5. The second-order valence-electron chi connectivity index (χ2n) is 7.74. The fourth-order valence-corrected chi connectivity index (χ4v) is 3.89. The Bertz CT molecular complexity index is 897. The number of benzene rings is 2. The van der Waals surface area contributed by atoms with Crippen molar-refractivity contribution in [3.8, 4) is 0 Å². The molecule has 3 N–H and O–H groups in total. The molecule has 2 aromatic carbocycles. The molecular weight excluding hydrogens is 423 g/mol. The zero-order valence-corrected chi connectivity index (χ0v) is 17.9. The van der Waals surface area contributed by atoms with Crippen LogP contribution in [0, 0.1) is 11.8 Å². The quantitative estimate of drug-likeness (QED) is 0.595. The number of carbonyl (C=O) groups excluding carboxylic acids is 1. The maximum atomic E-state index is 12.9. The van der Waals surface area contributed by atoms with Crippen LogP contribution in [0.3, 0.4) is 0 Å². The van der Waals surface area contributed by atoms with E-state index in [1.165, 1.54) is 18.2 Å². The smallest absolute Gasteiger partial charge is 0.416 e. The lowest BCUT2D eigenvalue weighted by Gasteiger charge is -2.20. The summed E-state index contributed by atoms with van der Waals surface area (Å²) in [5.74, 6) is -1.35. The SMILES string of the molecule is CCO.O=C(O)c1ccc(CNC(=O)C2CCCC2Cc2cccc(C(F)(F)F)c2)cc1. The average Bonchev–Trinajstić information content (AvgIpc) is 3.20. The summed E-state index contributed by atoms with van der Waals surface area (Å²) < 4.78 is 38.8. The van der Waals surface area contributed by atoms with Crippen molar-refractivity contribution in [1.82, 2.24) is 5.32 Å². The van der Waals surface area contributed by atoms with Crippen molar-refractivity contribution in [2.24, 2.45) is 11.8 Å². The van der Waals surface area contributed by atoms with Gasteiger partial charge in [-0.25, -0.2) is 4.79 Å². The van der Waals surface area contributed by atoms with Gasteiger partial charge in [0.25, 0.3) is 0 Å². The van der Waals surface area contributed by atoms with E-state index < -0.39 is 17.7 Å². The summed E-state index contributed by atoms with van der Waals surface area (Å²) in [5, 5.41) is 19.4. The lowest BCUT2D eigenvalue weighted by atomic mass is 9.88. The molecule has 0 spiro atoms. The summed E-state index contributed by atoms with van der Waals surface area (Å²) in [5.41, 5.74) is 0.889. The highest BCUT2D eigenvalue weighted by atomic mass is 19.4. The molecular formula is C24H28F3NO4. The van der Waals surface area contributed by atoms with Gasteiger partial charge in [0, 0.05) is 19.1 Å². The topological polar surface area (TPSA) is 86.6 Å². The van der Waals surface area contributed by atoms with Crippen molar-refractivity contribution < 1.29 is 33.0 Å². The molecule has 1 saturated carbocycles. The molecule has 8 heteroatoms. The Kier molecular flexibility index (Phi) is 9.26. The van der Waals surface area contributed by atoms with E-state index in [1.54, 1.807) is 25.1 Å². The first-order valence-corrected chi connectivity index (χ1v) is 10.5. The van der Waals surface area contributed by atoms with Crippen LogP contribution in [0.2, 0.25) is 0 Å². The minimum Gasteiger partial charge on any atom is -0.478 e. The van der Waals surface area contributed by atoms with Crippen LogP contribution < -0.4 is 5.32 Å². The molecule has 0 radical (unpaired) electrons. The standard InChI is InChI=1S/C22H22F3NO3.C2H6O/c23-22(24,25)18-5-1-3-15(12-18)11-17-4-2-6-19(17)20(27)26-13-14-7-9-16(10-8-14)21(28)29;1-2-3/h1,3,5,7-10,12,17,19H,2,4,6,11,13H2,(H,26,27)(H,28,29);3H,2H2,1H3. The Morgan fingerprint density at radius 2 is 1.72 bits per heavy atom. The van der Waals surface area contributed by atoms with E-state index in [0.717, 1.165) is 30.5 Å². The molecule has 2 aromatic rings. The number of hydrogen-bond acceptors (Lipinski definition) is 3. The number of carbonyl (C=O) groups is 2. The number of aliphatic hydroxyl groups excluding tert-OH is 1. The zero-order chi connectivity index (χ0) is 23.7. The van der Waals surface area contributed by atoms with Crippen molar-refractivity contribution >= 4 is 11.9 Å². The number of halogens is 3. The van der Waals surface area contributed by atoms with Crippen LogP contribution in [0.1, 0.15) is 53.2 Å². The van der Waals surface area contributed by atoms with Crippen LogP contribution in [0.5, 0.6) is 0 Å². The number of aliphatic hydroxyl groups is 1. The van der Waals surface area contributed by atoms with E-state index in [-0.39, 0.29) is 36.5 Å². The molecule has 0 aromatic heterocycles. The first-order valence-electron chi connectivity index (χ1n) is 10.5. The van der Waals surface area contributed by atoms with Crippen molar-refractivity contribution in [3.63, 3.8) is 0 Å². The second kappa shape index (κ2) is 11.7. The molecule has 1 fully saturated rings. The van der Waals surface area contributed by atoms with E-state index >= 15 is 0 Å². The van der Waals surface area contributed by atoms with Gasteiger partial charge >= 0.3 is 12.1 Å². The number of amides is 1. The van der Waals surface area contributed by atoms with Gasteiger partial charge in [-0.3, -0.25) is 4.79 Å². The summed E-state index contributed by atoms with van der Waals surface area (Å²) in [6.45, 7) is 2.21.